The van der Waals surface area contributed by atoms with Crippen molar-refractivity contribution in [2.24, 2.45) is 0 Å². The maximum atomic E-state index is 12.5. The van der Waals surface area contributed by atoms with Gasteiger partial charge < -0.3 is 16.0 Å². The lowest BCUT2D eigenvalue weighted by Crippen LogP contribution is -2.37. The molecule has 0 aromatic heterocycles. The zero-order valence-corrected chi connectivity index (χ0v) is 15.3. The molecular weight excluding hydrogens is 310 g/mol. The van der Waals surface area contributed by atoms with Crippen molar-refractivity contribution in [2.75, 3.05) is 22.5 Å². The number of hydrogen-bond acceptors (Lipinski definition) is 3. The van der Waals surface area contributed by atoms with Crippen LogP contribution in [-0.2, 0) is 0 Å². The van der Waals surface area contributed by atoms with E-state index in [1.807, 2.05) is 43.3 Å². The number of rotatable bonds is 3. The Hall–Kier alpha value is -2.49. The third kappa shape index (κ3) is 3.78. The van der Waals surface area contributed by atoms with E-state index in [4.69, 9.17) is 5.73 Å². The Morgan fingerprint density at radius 3 is 2.56 bits per heavy atom. The average Bonchev–Trinajstić information content (AvgIpc) is 2.58. The second-order valence-electron chi connectivity index (χ2n) is 7.08. The molecule has 25 heavy (non-hydrogen) atoms. The molecule has 0 radical (unpaired) electrons. The quantitative estimate of drug-likeness (QED) is 0.810. The molecule has 0 aliphatic carbocycles. The van der Waals surface area contributed by atoms with E-state index in [9.17, 15) is 4.79 Å². The van der Waals surface area contributed by atoms with E-state index >= 15 is 0 Å². The second kappa shape index (κ2) is 7.18. The molecule has 0 unspecified atom stereocenters. The normalized spacial score (nSPS) is 17.4. The van der Waals surface area contributed by atoms with Crippen molar-refractivity contribution < 1.29 is 4.79 Å². The minimum Gasteiger partial charge on any atom is -0.397 e. The van der Waals surface area contributed by atoms with E-state index in [2.05, 4.69) is 24.1 Å². The summed E-state index contributed by atoms with van der Waals surface area (Å²) in [4.78, 5) is 15.0. The highest BCUT2D eigenvalue weighted by atomic mass is 16.1. The number of amides is 1. The number of nitrogens with zero attached hydrogens (tertiary/aromatic N) is 1. The largest absolute Gasteiger partial charge is 0.397 e. The predicted molar refractivity (Wildman–Crippen MR) is 105 cm³/mol. The van der Waals surface area contributed by atoms with Gasteiger partial charge in [-0.1, -0.05) is 17.7 Å². The van der Waals surface area contributed by atoms with Crippen molar-refractivity contribution in [1.82, 2.24) is 0 Å². The molecule has 0 spiro atoms. The number of piperidine rings is 1. The van der Waals surface area contributed by atoms with Crippen LogP contribution in [0.1, 0.15) is 47.7 Å². The van der Waals surface area contributed by atoms with Crippen LogP contribution in [0, 0.1) is 13.8 Å². The Bertz CT molecular complexity index is 767. The van der Waals surface area contributed by atoms with Gasteiger partial charge in [0, 0.05) is 23.8 Å². The van der Waals surface area contributed by atoms with Gasteiger partial charge in [-0.2, -0.15) is 0 Å². The van der Waals surface area contributed by atoms with E-state index in [1.54, 1.807) is 0 Å². The van der Waals surface area contributed by atoms with Gasteiger partial charge in [-0.05, 0) is 69.9 Å². The zero-order chi connectivity index (χ0) is 18.0. The molecule has 1 saturated heterocycles. The Morgan fingerprint density at radius 2 is 1.88 bits per heavy atom. The van der Waals surface area contributed by atoms with Gasteiger partial charge in [-0.15, -0.1) is 0 Å². The minimum atomic E-state index is -0.131. The Morgan fingerprint density at radius 1 is 1.16 bits per heavy atom. The van der Waals surface area contributed by atoms with E-state index in [0.717, 1.165) is 17.7 Å². The predicted octanol–water partition coefficient (Wildman–Crippen LogP) is 4.52. The summed E-state index contributed by atoms with van der Waals surface area (Å²) in [6.07, 6.45) is 3.69. The number of carbonyl (C=O) groups is 1. The lowest BCUT2D eigenvalue weighted by Gasteiger charge is -2.36. The molecule has 2 aromatic rings. The van der Waals surface area contributed by atoms with Gasteiger partial charge in [0.05, 0.1) is 11.4 Å². The molecule has 2 aromatic carbocycles. The van der Waals surface area contributed by atoms with Crippen LogP contribution in [0.5, 0.6) is 0 Å². The van der Waals surface area contributed by atoms with Crippen LogP contribution in [0.3, 0.4) is 0 Å². The molecule has 1 heterocycles. The van der Waals surface area contributed by atoms with Gasteiger partial charge in [0.2, 0.25) is 0 Å². The summed E-state index contributed by atoms with van der Waals surface area (Å²) in [7, 11) is 0. The van der Waals surface area contributed by atoms with E-state index in [0.29, 0.717) is 23.0 Å². The first-order chi connectivity index (χ1) is 12.0. The molecule has 0 bridgehead atoms. The SMILES string of the molecule is Cc1ccc(C(=O)Nc2cc(N3CCCC[C@@H]3C)c(C)cc2N)cc1. The van der Waals surface area contributed by atoms with Crippen molar-refractivity contribution in [2.45, 2.75) is 46.1 Å². The Labute approximate surface area is 150 Å². The maximum absolute atomic E-state index is 12.5. The van der Waals surface area contributed by atoms with Crippen LogP contribution >= 0.6 is 0 Å². The van der Waals surface area contributed by atoms with Gasteiger partial charge in [0.15, 0.2) is 0 Å². The van der Waals surface area contributed by atoms with Gasteiger partial charge in [0.1, 0.15) is 0 Å². The molecular formula is C21H27N3O. The molecule has 3 N–H and O–H groups in total. The van der Waals surface area contributed by atoms with Crippen LogP contribution < -0.4 is 16.0 Å². The summed E-state index contributed by atoms with van der Waals surface area (Å²) in [5.41, 5.74) is 11.5. The molecule has 1 fully saturated rings. The number of benzene rings is 2. The third-order valence-corrected chi connectivity index (χ3v) is 5.04. The number of nitrogens with one attached hydrogen (secondary N) is 1. The first kappa shape index (κ1) is 17.3. The van der Waals surface area contributed by atoms with Crippen LogP contribution in [-0.4, -0.2) is 18.5 Å². The van der Waals surface area contributed by atoms with Crippen LogP contribution in [0.4, 0.5) is 17.1 Å². The molecule has 1 atom stereocenters. The highest BCUT2D eigenvalue weighted by molar-refractivity contribution is 6.06. The number of anilines is 3. The molecule has 0 saturated carbocycles. The van der Waals surface area contributed by atoms with Crippen molar-refractivity contribution in [1.29, 1.82) is 0 Å². The van der Waals surface area contributed by atoms with E-state index < -0.39 is 0 Å². The van der Waals surface area contributed by atoms with Crippen LogP contribution in [0.25, 0.3) is 0 Å². The lowest BCUT2D eigenvalue weighted by molar-refractivity contribution is 0.102. The maximum Gasteiger partial charge on any atom is 0.255 e. The molecule has 3 rings (SSSR count). The fraction of sp³-hybridized carbons (Fsp3) is 0.381. The second-order valence-corrected chi connectivity index (χ2v) is 7.08. The smallest absolute Gasteiger partial charge is 0.255 e. The fourth-order valence-corrected chi connectivity index (χ4v) is 3.49. The minimum absolute atomic E-state index is 0.131. The molecule has 4 heteroatoms. The first-order valence-electron chi connectivity index (χ1n) is 9.00. The highest BCUT2D eigenvalue weighted by Gasteiger charge is 2.21. The number of nitrogen functional groups attached to an aromatic ring is 1. The topological polar surface area (TPSA) is 58.4 Å². The summed E-state index contributed by atoms with van der Waals surface area (Å²) in [5.74, 6) is -0.131. The Balaban J connectivity index is 1.87. The standard InChI is InChI=1S/C21H27N3O/c1-14-7-9-17(10-8-14)21(25)23-19-13-20(15(2)12-18(19)22)24-11-5-4-6-16(24)3/h7-10,12-13,16H,4-6,11,22H2,1-3H3,(H,23,25)/t16-/m0/s1. The summed E-state index contributed by atoms with van der Waals surface area (Å²) < 4.78 is 0. The molecule has 132 valence electrons. The molecule has 4 nitrogen and oxygen atoms in total. The van der Waals surface area contributed by atoms with Crippen molar-refractivity contribution in [3.63, 3.8) is 0 Å². The molecule has 1 amide bonds. The van der Waals surface area contributed by atoms with E-state index in [1.165, 1.54) is 24.9 Å². The van der Waals surface area contributed by atoms with Gasteiger partial charge >= 0.3 is 0 Å². The number of hydrogen-bond donors (Lipinski definition) is 2. The van der Waals surface area contributed by atoms with Crippen LogP contribution in [0.15, 0.2) is 36.4 Å². The van der Waals surface area contributed by atoms with Crippen LogP contribution in [0.2, 0.25) is 0 Å². The van der Waals surface area contributed by atoms with Gasteiger partial charge in [-0.3, -0.25) is 4.79 Å². The number of nitrogens with two attached hydrogens (primary N) is 1. The van der Waals surface area contributed by atoms with Crippen molar-refractivity contribution in [3.05, 3.63) is 53.1 Å². The van der Waals surface area contributed by atoms with Gasteiger partial charge in [-0.25, -0.2) is 0 Å². The first-order valence-corrected chi connectivity index (χ1v) is 9.00. The molecule has 1 aliphatic rings. The fourth-order valence-electron chi connectivity index (χ4n) is 3.49. The monoisotopic (exact) mass is 337 g/mol. The number of carbonyl (C=O) groups excluding carboxylic acids is 1. The molecule has 1 aliphatic heterocycles. The summed E-state index contributed by atoms with van der Waals surface area (Å²) in [6, 6.07) is 12.0. The number of aryl methyl sites for hydroxylation is 2. The van der Waals surface area contributed by atoms with Crippen molar-refractivity contribution in [3.8, 4) is 0 Å². The van der Waals surface area contributed by atoms with E-state index in [-0.39, 0.29) is 5.91 Å². The van der Waals surface area contributed by atoms with Gasteiger partial charge in [0.25, 0.3) is 5.91 Å². The average molecular weight is 337 g/mol. The summed E-state index contributed by atoms with van der Waals surface area (Å²) in [6.45, 7) is 7.40. The summed E-state index contributed by atoms with van der Waals surface area (Å²) >= 11 is 0. The lowest BCUT2D eigenvalue weighted by atomic mass is 10.0. The third-order valence-electron chi connectivity index (χ3n) is 5.04. The Kier molecular flexibility index (Phi) is 4.98. The zero-order valence-electron chi connectivity index (χ0n) is 15.3. The highest BCUT2D eigenvalue weighted by Crippen LogP contribution is 2.33. The summed E-state index contributed by atoms with van der Waals surface area (Å²) in [5, 5.41) is 2.98. The van der Waals surface area contributed by atoms with Crippen molar-refractivity contribution >= 4 is 23.0 Å².